The number of nitrogens with two attached hydrogens (primary N) is 1. The van der Waals surface area contributed by atoms with Gasteiger partial charge in [0.05, 0.1) is 13.1 Å². The molecule has 112 valence electrons. The zero-order valence-electron chi connectivity index (χ0n) is 11.3. The van der Waals surface area contributed by atoms with Crippen molar-refractivity contribution >= 4 is 11.6 Å². The molecule has 0 aliphatic heterocycles. The minimum absolute atomic E-state index is 0.302. The minimum Gasteiger partial charge on any atom is -0.346 e. The number of rotatable bonds is 4. The Balaban J connectivity index is 2.30. The SMILES string of the molecule is Cc1ccn2c(=O)c(C(=O)NCC(F)(F)CN)cnc2c1. The third-order valence-corrected chi connectivity index (χ3v) is 2.92. The van der Waals surface area contributed by atoms with Crippen LogP contribution in [0.3, 0.4) is 0 Å². The highest BCUT2D eigenvalue weighted by Crippen LogP contribution is 2.09. The van der Waals surface area contributed by atoms with E-state index < -0.39 is 30.5 Å². The van der Waals surface area contributed by atoms with Crippen LogP contribution in [0, 0.1) is 6.92 Å². The standard InChI is InChI=1S/C13H14F2N4O2/c1-8-2-3-19-10(4-8)17-5-9(12(19)21)11(20)18-7-13(14,15)6-16/h2-5H,6-7,16H2,1H3,(H,18,20). The third kappa shape index (κ3) is 3.22. The largest absolute Gasteiger partial charge is 0.346 e. The highest BCUT2D eigenvalue weighted by Gasteiger charge is 2.28. The van der Waals surface area contributed by atoms with Gasteiger partial charge in [-0.25, -0.2) is 13.8 Å². The number of aryl methyl sites for hydroxylation is 1. The first-order valence-electron chi connectivity index (χ1n) is 6.18. The van der Waals surface area contributed by atoms with Crippen molar-refractivity contribution in [3.05, 3.63) is 46.0 Å². The van der Waals surface area contributed by atoms with Crippen molar-refractivity contribution in [1.29, 1.82) is 0 Å². The Morgan fingerprint density at radius 2 is 2.24 bits per heavy atom. The smallest absolute Gasteiger partial charge is 0.277 e. The summed E-state index contributed by atoms with van der Waals surface area (Å²) in [7, 11) is 0. The van der Waals surface area contributed by atoms with Gasteiger partial charge in [-0.1, -0.05) is 0 Å². The monoisotopic (exact) mass is 296 g/mol. The lowest BCUT2D eigenvalue weighted by Crippen LogP contribution is -2.43. The molecule has 21 heavy (non-hydrogen) atoms. The van der Waals surface area contributed by atoms with Crippen molar-refractivity contribution < 1.29 is 13.6 Å². The summed E-state index contributed by atoms with van der Waals surface area (Å²) in [6.07, 6.45) is 2.55. The fourth-order valence-corrected chi connectivity index (χ4v) is 1.71. The van der Waals surface area contributed by atoms with Crippen LogP contribution in [0.25, 0.3) is 5.65 Å². The maximum absolute atomic E-state index is 13.0. The Kier molecular flexibility index (Phi) is 3.99. The number of carbonyl (C=O) groups is 1. The van der Waals surface area contributed by atoms with Gasteiger partial charge in [0.25, 0.3) is 17.4 Å². The van der Waals surface area contributed by atoms with E-state index in [1.165, 1.54) is 10.6 Å². The fourth-order valence-electron chi connectivity index (χ4n) is 1.71. The van der Waals surface area contributed by atoms with Gasteiger partial charge in [-0.3, -0.25) is 14.0 Å². The predicted molar refractivity (Wildman–Crippen MR) is 72.5 cm³/mol. The van der Waals surface area contributed by atoms with E-state index in [2.05, 4.69) is 4.98 Å². The first-order chi connectivity index (χ1) is 9.84. The molecule has 2 aromatic rings. The third-order valence-electron chi connectivity index (χ3n) is 2.92. The van der Waals surface area contributed by atoms with Gasteiger partial charge in [0.1, 0.15) is 11.2 Å². The van der Waals surface area contributed by atoms with E-state index in [1.54, 1.807) is 12.1 Å². The number of hydrogen-bond donors (Lipinski definition) is 2. The van der Waals surface area contributed by atoms with Crippen molar-refractivity contribution in [2.24, 2.45) is 5.73 Å². The van der Waals surface area contributed by atoms with Crippen molar-refractivity contribution in [1.82, 2.24) is 14.7 Å². The number of hydrogen-bond acceptors (Lipinski definition) is 4. The van der Waals surface area contributed by atoms with Crippen LogP contribution < -0.4 is 16.6 Å². The summed E-state index contributed by atoms with van der Waals surface area (Å²) < 4.78 is 27.2. The Bertz CT molecular complexity index is 743. The van der Waals surface area contributed by atoms with Crippen molar-refractivity contribution in [2.45, 2.75) is 12.8 Å². The van der Waals surface area contributed by atoms with Crippen molar-refractivity contribution in [3.8, 4) is 0 Å². The Labute approximate surface area is 118 Å². The van der Waals surface area contributed by atoms with E-state index in [-0.39, 0.29) is 5.56 Å². The molecular weight excluding hydrogens is 282 g/mol. The number of nitrogens with zero attached hydrogens (tertiary/aromatic N) is 2. The molecule has 0 saturated heterocycles. The summed E-state index contributed by atoms with van der Waals surface area (Å²) in [5, 5.41) is 1.98. The van der Waals surface area contributed by atoms with Crippen LogP contribution in [0.2, 0.25) is 0 Å². The number of carbonyl (C=O) groups excluding carboxylic acids is 1. The fraction of sp³-hybridized carbons (Fsp3) is 0.308. The average Bonchev–Trinajstić information content (AvgIpc) is 2.45. The van der Waals surface area contributed by atoms with Gasteiger partial charge in [-0.15, -0.1) is 0 Å². The number of alkyl halides is 2. The first kappa shape index (κ1) is 15.0. The molecule has 0 fully saturated rings. The second-order valence-electron chi connectivity index (χ2n) is 4.65. The molecule has 3 N–H and O–H groups in total. The van der Waals surface area contributed by atoms with E-state index >= 15 is 0 Å². The number of nitrogens with one attached hydrogen (secondary N) is 1. The average molecular weight is 296 g/mol. The summed E-state index contributed by atoms with van der Waals surface area (Å²) in [6.45, 7) is 0.0154. The zero-order chi connectivity index (χ0) is 15.6. The van der Waals surface area contributed by atoms with Crippen LogP contribution >= 0.6 is 0 Å². The molecule has 8 heteroatoms. The Morgan fingerprint density at radius 3 is 2.90 bits per heavy atom. The zero-order valence-corrected chi connectivity index (χ0v) is 11.3. The molecular formula is C13H14F2N4O2. The quantitative estimate of drug-likeness (QED) is 0.850. The topological polar surface area (TPSA) is 89.5 Å². The van der Waals surface area contributed by atoms with E-state index in [1.807, 2.05) is 12.2 Å². The van der Waals surface area contributed by atoms with Crippen LogP contribution in [-0.4, -0.2) is 34.3 Å². The maximum atomic E-state index is 13.0. The van der Waals surface area contributed by atoms with Crippen LogP contribution in [0.4, 0.5) is 8.78 Å². The second-order valence-corrected chi connectivity index (χ2v) is 4.65. The van der Waals surface area contributed by atoms with E-state index in [0.717, 1.165) is 11.8 Å². The van der Waals surface area contributed by atoms with Gasteiger partial charge in [0.15, 0.2) is 0 Å². The first-order valence-corrected chi connectivity index (χ1v) is 6.18. The molecule has 2 rings (SSSR count). The van der Waals surface area contributed by atoms with Crippen molar-refractivity contribution in [3.63, 3.8) is 0 Å². The molecule has 2 heterocycles. The molecule has 0 bridgehead atoms. The van der Waals surface area contributed by atoms with Gasteiger partial charge in [0, 0.05) is 12.4 Å². The number of pyridine rings is 1. The molecule has 0 atom stereocenters. The van der Waals surface area contributed by atoms with E-state index in [4.69, 9.17) is 5.73 Å². The molecule has 2 aromatic heterocycles. The Hall–Kier alpha value is -2.35. The van der Waals surface area contributed by atoms with Crippen LogP contribution in [-0.2, 0) is 0 Å². The molecule has 0 saturated carbocycles. The molecule has 0 aliphatic rings. The summed E-state index contributed by atoms with van der Waals surface area (Å²) in [6, 6.07) is 3.35. The number of fused-ring (bicyclic) bond motifs is 1. The van der Waals surface area contributed by atoms with Crippen LogP contribution in [0.1, 0.15) is 15.9 Å². The molecule has 0 aliphatic carbocycles. The summed E-state index contributed by atoms with van der Waals surface area (Å²) in [5.74, 6) is -4.12. The summed E-state index contributed by atoms with van der Waals surface area (Å²) >= 11 is 0. The maximum Gasteiger partial charge on any atom is 0.277 e. The van der Waals surface area contributed by atoms with Gasteiger partial charge in [0.2, 0.25) is 0 Å². The molecule has 0 aromatic carbocycles. The van der Waals surface area contributed by atoms with Gasteiger partial charge >= 0.3 is 0 Å². The van der Waals surface area contributed by atoms with Crippen LogP contribution in [0.15, 0.2) is 29.3 Å². The van der Waals surface area contributed by atoms with Gasteiger partial charge in [-0.2, -0.15) is 0 Å². The van der Waals surface area contributed by atoms with Crippen molar-refractivity contribution in [2.75, 3.05) is 13.1 Å². The lowest BCUT2D eigenvalue weighted by Gasteiger charge is -2.14. The highest BCUT2D eigenvalue weighted by molar-refractivity contribution is 5.93. The second kappa shape index (κ2) is 5.57. The summed E-state index contributed by atoms with van der Waals surface area (Å²) in [5.41, 5.74) is 5.23. The summed E-state index contributed by atoms with van der Waals surface area (Å²) in [4.78, 5) is 27.9. The molecule has 0 radical (unpaired) electrons. The number of aromatic nitrogens is 2. The van der Waals surface area contributed by atoms with Gasteiger partial charge in [-0.05, 0) is 24.6 Å². The van der Waals surface area contributed by atoms with E-state index in [0.29, 0.717) is 5.65 Å². The van der Waals surface area contributed by atoms with Crippen LogP contribution in [0.5, 0.6) is 0 Å². The lowest BCUT2D eigenvalue weighted by atomic mass is 10.2. The Morgan fingerprint density at radius 1 is 1.52 bits per heavy atom. The minimum atomic E-state index is -3.22. The molecule has 6 nitrogen and oxygen atoms in total. The highest BCUT2D eigenvalue weighted by atomic mass is 19.3. The predicted octanol–water partition coefficient (Wildman–Crippen LogP) is 0.327. The normalized spacial score (nSPS) is 11.6. The molecule has 0 spiro atoms. The lowest BCUT2D eigenvalue weighted by molar-refractivity contribution is 0.0118. The van der Waals surface area contributed by atoms with E-state index in [9.17, 15) is 18.4 Å². The van der Waals surface area contributed by atoms with Gasteiger partial charge < -0.3 is 11.1 Å². The number of amides is 1. The molecule has 1 amide bonds. The molecule has 0 unspecified atom stereocenters. The number of halogens is 2.